The number of ketones is 1. The van der Waals surface area contributed by atoms with E-state index in [0.717, 1.165) is 50.1 Å². The van der Waals surface area contributed by atoms with E-state index in [0.29, 0.717) is 37.3 Å². The molecule has 2 saturated heterocycles. The lowest BCUT2D eigenvalue weighted by atomic mass is 9.90. The average molecular weight is 660 g/mol. The molecule has 3 aromatic rings. The van der Waals surface area contributed by atoms with Crippen LogP contribution in [-0.2, 0) is 18.1 Å². The quantitative estimate of drug-likeness (QED) is 0.266. The van der Waals surface area contributed by atoms with Crippen molar-refractivity contribution >= 4 is 23.3 Å². The van der Waals surface area contributed by atoms with Gasteiger partial charge in [0.15, 0.2) is 5.78 Å². The van der Waals surface area contributed by atoms with Gasteiger partial charge in [0.05, 0.1) is 0 Å². The number of alkyl halides is 3. The molecular formula is C33H36F3N3O6S. The Morgan fingerprint density at radius 1 is 0.913 bits per heavy atom. The lowest BCUT2D eigenvalue weighted by molar-refractivity contribution is -0.274. The number of carbonyl (C=O) groups is 2. The standard InChI is InChI=1S/C33H36F3N3O4.O2S/c1-23-5-8-27(9-6-23)42-28-13-17-39(18-14-28)32(41)30-10-7-26(21-37-30)31(40)20-24-11-15-38(16-12-24)22-25-3-2-4-29(19-25)43-33(34,35)36;1-3-2/h2-10,19,21,24,28H,11-18,20,22H2,1H3;. The number of nitrogens with zero attached hydrogens (tertiary/aromatic N) is 3. The Kier molecular flexibility index (Phi) is 12.4. The molecule has 0 atom stereocenters. The molecule has 2 fully saturated rings. The Labute approximate surface area is 269 Å². The van der Waals surface area contributed by atoms with Crippen molar-refractivity contribution in [1.82, 2.24) is 14.8 Å². The molecule has 2 aliphatic heterocycles. The fraction of sp³-hybridized carbons (Fsp3) is 0.424. The highest BCUT2D eigenvalue weighted by Gasteiger charge is 2.31. The molecule has 246 valence electrons. The minimum atomic E-state index is -4.72. The number of likely N-dealkylation sites (tertiary alicyclic amines) is 2. The topological polar surface area (TPSA) is 106 Å². The lowest BCUT2D eigenvalue weighted by Crippen LogP contribution is -2.42. The molecule has 0 bridgehead atoms. The SMILES string of the molecule is Cc1ccc(OC2CCN(C(=O)c3ccc(C(=O)CC4CCN(Cc5cccc(OC(F)(F)F)c5)CC4)cn3)CC2)cc1.O=S=O. The van der Waals surface area contributed by atoms with Gasteiger partial charge < -0.3 is 14.4 Å². The Hall–Kier alpha value is -4.10. The summed E-state index contributed by atoms with van der Waals surface area (Å²) in [6.07, 6.45) is 0.359. The van der Waals surface area contributed by atoms with Crippen LogP contribution >= 0.6 is 0 Å². The summed E-state index contributed by atoms with van der Waals surface area (Å²) in [6, 6.07) is 17.3. The second kappa shape index (κ2) is 16.5. The number of halogens is 3. The minimum absolute atomic E-state index is 0.00369. The summed E-state index contributed by atoms with van der Waals surface area (Å²) in [6.45, 7) is 5.23. The number of carbonyl (C=O) groups excluding carboxylic acids is 2. The van der Waals surface area contributed by atoms with Gasteiger partial charge in [-0.1, -0.05) is 29.8 Å². The number of amides is 1. The molecule has 0 saturated carbocycles. The number of Topliss-reactive ketones (excluding diaryl/α,β-unsaturated/α-hetero) is 1. The molecule has 1 aromatic heterocycles. The molecule has 0 radical (unpaired) electrons. The van der Waals surface area contributed by atoms with Crippen molar-refractivity contribution in [3.05, 3.63) is 89.2 Å². The van der Waals surface area contributed by atoms with E-state index >= 15 is 0 Å². The van der Waals surface area contributed by atoms with Gasteiger partial charge in [-0.3, -0.25) is 19.5 Å². The third-order valence-corrected chi connectivity index (χ3v) is 8.08. The molecule has 2 aromatic carbocycles. The molecule has 0 aliphatic carbocycles. The summed E-state index contributed by atoms with van der Waals surface area (Å²) < 4.78 is 64.3. The summed E-state index contributed by atoms with van der Waals surface area (Å²) in [5.74, 6) is 0.687. The highest BCUT2D eigenvalue weighted by Crippen LogP contribution is 2.27. The predicted octanol–water partition coefficient (Wildman–Crippen LogP) is 5.79. The number of rotatable bonds is 9. The van der Waals surface area contributed by atoms with Gasteiger partial charge in [0.25, 0.3) is 5.91 Å². The largest absolute Gasteiger partial charge is 0.573 e. The van der Waals surface area contributed by atoms with Gasteiger partial charge in [0.2, 0.25) is 0 Å². The summed E-state index contributed by atoms with van der Waals surface area (Å²) in [4.78, 5) is 34.3. The van der Waals surface area contributed by atoms with Crippen molar-refractivity contribution in [2.75, 3.05) is 26.2 Å². The first kappa shape index (κ1) is 34.8. The van der Waals surface area contributed by atoms with Crippen LogP contribution in [0.25, 0.3) is 0 Å². The first-order valence-corrected chi connectivity index (χ1v) is 15.7. The van der Waals surface area contributed by atoms with Gasteiger partial charge >= 0.3 is 17.9 Å². The predicted molar refractivity (Wildman–Crippen MR) is 164 cm³/mol. The van der Waals surface area contributed by atoms with E-state index in [4.69, 9.17) is 13.2 Å². The number of pyridine rings is 1. The minimum Gasteiger partial charge on any atom is -0.490 e. The molecule has 3 heterocycles. The fourth-order valence-electron chi connectivity index (χ4n) is 5.66. The molecule has 1 amide bonds. The summed E-state index contributed by atoms with van der Waals surface area (Å²) >= 11 is -0.750. The maximum atomic E-state index is 13.0. The van der Waals surface area contributed by atoms with Gasteiger partial charge in [0, 0.05) is 50.7 Å². The summed E-state index contributed by atoms with van der Waals surface area (Å²) in [7, 11) is 0. The highest BCUT2D eigenvalue weighted by atomic mass is 32.1. The van der Waals surface area contributed by atoms with Gasteiger partial charge in [-0.25, -0.2) is 0 Å². The molecule has 0 spiro atoms. The Balaban J connectivity index is 0.00000154. The van der Waals surface area contributed by atoms with E-state index in [1.165, 1.54) is 23.9 Å². The number of piperidine rings is 2. The second-order valence-electron chi connectivity index (χ2n) is 11.5. The number of hydrogen-bond donors (Lipinski definition) is 0. The molecule has 46 heavy (non-hydrogen) atoms. The van der Waals surface area contributed by atoms with Crippen LogP contribution in [0.3, 0.4) is 0 Å². The van der Waals surface area contributed by atoms with Crippen LogP contribution in [0.2, 0.25) is 0 Å². The average Bonchev–Trinajstić information content (AvgIpc) is 3.03. The van der Waals surface area contributed by atoms with E-state index in [1.54, 1.807) is 29.2 Å². The third kappa shape index (κ3) is 10.8. The van der Waals surface area contributed by atoms with Crippen molar-refractivity contribution in [2.24, 2.45) is 5.92 Å². The van der Waals surface area contributed by atoms with Crippen molar-refractivity contribution in [3.8, 4) is 11.5 Å². The van der Waals surface area contributed by atoms with Crippen molar-refractivity contribution in [2.45, 2.75) is 58.0 Å². The molecular weight excluding hydrogens is 623 g/mol. The van der Waals surface area contributed by atoms with Gasteiger partial charge in [-0.2, -0.15) is 8.42 Å². The van der Waals surface area contributed by atoms with Crippen molar-refractivity contribution < 1.29 is 40.7 Å². The zero-order valence-corrected chi connectivity index (χ0v) is 26.2. The van der Waals surface area contributed by atoms with Gasteiger partial charge in [-0.05, 0) is 80.7 Å². The number of aromatic nitrogens is 1. The maximum Gasteiger partial charge on any atom is 0.573 e. The Morgan fingerprint density at radius 2 is 1.59 bits per heavy atom. The van der Waals surface area contributed by atoms with E-state index in [2.05, 4.69) is 14.6 Å². The molecule has 5 rings (SSSR count). The van der Waals surface area contributed by atoms with Crippen LogP contribution in [0, 0.1) is 12.8 Å². The van der Waals surface area contributed by atoms with Crippen molar-refractivity contribution in [3.63, 3.8) is 0 Å². The van der Waals surface area contributed by atoms with E-state index in [-0.39, 0.29) is 29.5 Å². The summed E-state index contributed by atoms with van der Waals surface area (Å²) in [5.41, 5.74) is 2.74. The van der Waals surface area contributed by atoms with Crippen LogP contribution in [0.1, 0.15) is 64.1 Å². The zero-order chi connectivity index (χ0) is 33.1. The zero-order valence-electron chi connectivity index (χ0n) is 25.4. The Bertz CT molecular complexity index is 1480. The fourth-order valence-corrected chi connectivity index (χ4v) is 5.66. The molecule has 9 nitrogen and oxygen atoms in total. The lowest BCUT2D eigenvalue weighted by Gasteiger charge is -2.32. The number of hydrogen-bond acceptors (Lipinski definition) is 8. The van der Waals surface area contributed by atoms with Gasteiger partial charge in [0.1, 0.15) is 23.3 Å². The number of benzene rings is 2. The first-order valence-electron chi connectivity index (χ1n) is 15.0. The Morgan fingerprint density at radius 3 is 2.20 bits per heavy atom. The number of aryl methyl sites for hydroxylation is 1. The third-order valence-electron chi connectivity index (χ3n) is 8.08. The van der Waals surface area contributed by atoms with Crippen LogP contribution in [0.5, 0.6) is 11.5 Å². The van der Waals surface area contributed by atoms with E-state index in [9.17, 15) is 22.8 Å². The molecule has 13 heteroatoms. The maximum absolute atomic E-state index is 13.0. The smallest absolute Gasteiger partial charge is 0.490 e. The second-order valence-corrected chi connectivity index (χ2v) is 11.6. The molecule has 0 unspecified atom stereocenters. The van der Waals surface area contributed by atoms with Crippen LogP contribution < -0.4 is 9.47 Å². The van der Waals surface area contributed by atoms with Crippen LogP contribution in [0.4, 0.5) is 13.2 Å². The normalized spacial score (nSPS) is 16.2. The monoisotopic (exact) mass is 659 g/mol. The van der Waals surface area contributed by atoms with E-state index in [1.807, 2.05) is 31.2 Å². The highest BCUT2D eigenvalue weighted by molar-refractivity contribution is 7.51. The van der Waals surface area contributed by atoms with Crippen LogP contribution in [-0.4, -0.2) is 73.5 Å². The first-order chi connectivity index (χ1) is 22.0. The van der Waals surface area contributed by atoms with E-state index < -0.39 is 17.9 Å². The van der Waals surface area contributed by atoms with Crippen molar-refractivity contribution in [1.29, 1.82) is 0 Å². The van der Waals surface area contributed by atoms with Gasteiger partial charge in [-0.15, -0.1) is 13.2 Å². The number of ether oxygens (including phenoxy) is 2. The van der Waals surface area contributed by atoms with Crippen LogP contribution in [0.15, 0.2) is 66.9 Å². The molecule has 0 N–H and O–H groups in total. The molecule has 2 aliphatic rings. The summed E-state index contributed by atoms with van der Waals surface area (Å²) in [5, 5.41) is 0.